The number of amides is 1. The molecule has 0 spiro atoms. The molecule has 0 aliphatic rings. The van der Waals surface area contributed by atoms with Gasteiger partial charge in [-0.05, 0) is 42.7 Å². The number of carbonyl (C=O) groups is 1. The predicted octanol–water partition coefficient (Wildman–Crippen LogP) is 4.51. The van der Waals surface area contributed by atoms with Gasteiger partial charge in [0.25, 0.3) is 0 Å². The number of nitrogens with zero attached hydrogens (tertiary/aromatic N) is 2. The summed E-state index contributed by atoms with van der Waals surface area (Å²) >= 11 is 2.82. The Morgan fingerprint density at radius 3 is 2.50 bits per heavy atom. The van der Waals surface area contributed by atoms with Gasteiger partial charge in [0.1, 0.15) is 5.75 Å². The van der Waals surface area contributed by atoms with E-state index in [2.05, 4.69) is 20.8 Å². The first-order valence-corrected chi connectivity index (χ1v) is 10.5. The fraction of sp³-hybridized carbons (Fsp3) is 0.250. The highest BCUT2D eigenvalue weighted by Crippen LogP contribution is 2.26. The number of thioether (sulfide) groups is 1. The highest BCUT2D eigenvalue weighted by molar-refractivity contribution is 8.01. The van der Waals surface area contributed by atoms with Crippen LogP contribution >= 0.6 is 23.1 Å². The fourth-order valence-electron chi connectivity index (χ4n) is 2.58. The van der Waals surface area contributed by atoms with Gasteiger partial charge in [0.15, 0.2) is 4.34 Å². The van der Waals surface area contributed by atoms with Gasteiger partial charge < -0.3 is 15.4 Å². The Morgan fingerprint density at radius 2 is 1.82 bits per heavy atom. The number of carbonyl (C=O) groups excluding carboxylic acids is 1. The smallest absolute Gasteiger partial charge is 0.234 e. The van der Waals surface area contributed by atoms with Crippen LogP contribution in [0, 0.1) is 13.8 Å². The van der Waals surface area contributed by atoms with Gasteiger partial charge in [-0.25, -0.2) is 0 Å². The van der Waals surface area contributed by atoms with Gasteiger partial charge in [-0.1, -0.05) is 53.4 Å². The molecule has 8 heteroatoms. The van der Waals surface area contributed by atoms with Crippen molar-refractivity contribution in [2.45, 2.75) is 24.7 Å². The summed E-state index contributed by atoms with van der Waals surface area (Å²) in [6.07, 6.45) is 0. The molecule has 0 saturated heterocycles. The average Bonchev–Trinajstić information content (AvgIpc) is 3.16. The first-order chi connectivity index (χ1) is 13.5. The zero-order valence-electron chi connectivity index (χ0n) is 16.0. The second kappa shape index (κ2) is 9.57. The number of hydrogen-bond acceptors (Lipinski definition) is 7. The van der Waals surface area contributed by atoms with Crippen LogP contribution in [0.15, 0.2) is 46.8 Å². The molecule has 6 nitrogen and oxygen atoms in total. The number of aryl methyl sites for hydroxylation is 2. The third-order valence-electron chi connectivity index (χ3n) is 4.08. The summed E-state index contributed by atoms with van der Waals surface area (Å²) in [6.45, 7) is 4.62. The molecule has 0 unspecified atom stereocenters. The summed E-state index contributed by atoms with van der Waals surface area (Å²) in [5.74, 6) is 1.07. The monoisotopic (exact) mass is 414 g/mol. The molecule has 2 N–H and O–H groups in total. The van der Waals surface area contributed by atoms with Crippen LogP contribution in [0.1, 0.15) is 16.7 Å². The van der Waals surface area contributed by atoms with Crippen molar-refractivity contribution < 1.29 is 9.53 Å². The van der Waals surface area contributed by atoms with Crippen LogP contribution in [-0.2, 0) is 11.3 Å². The van der Waals surface area contributed by atoms with E-state index in [0.29, 0.717) is 12.3 Å². The Hall–Kier alpha value is -2.58. The van der Waals surface area contributed by atoms with Crippen LogP contribution in [0.4, 0.5) is 10.8 Å². The summed E-state index contributed by atoms with van der Waals surface area (Å²) in [5.41, 5.74) is 4.11. The van der Waals surface area contributed by atoms with Gasteiger partial charge in [0, 0.05) is 12.2 Å². The van der Waals surface area contributed by atoms with Gasteiger partial charge in [-0.2, -0.15) is 0 Å². The summed E-state index contributed by atoms with van der Waals surface area (Å²) in [5, 5.41) is 15.2. The maximum Gasteiger partial charge on any atom is 0.234 e. The number of para-hydroxylation sites is 1. The van der Waals surface area contributed by atoms with Gasteiger partial charge in [0.2, 0.25) is 11.0 Å². The van der Waals surface area contributed by atoms with E-state index in [4.69, 9.17) is 4.74 Å². The lowest BCUT2D eigenvalue weighted by Crippen LogP contribution is -2.15. The second-order valence-electron chi connectivity index (χ2n) is 6.18. The molecule has 3 rings (SSSR count). The van der Waals surface area contributed by atoms with Gasteiger partial charge in [-0.15, -0.1) is 10.2 Å². The standard InChI is InChI=1S/C20H22N4O2S2/c1-13-5-4-6-14(2)18(13)22-17(25)12-27-20-24-23-19(28-20)21-11-15-7-9-16(26-3)10-8-15/h4-10H,11-12H2,1-3H3,(H,21,23)(H,22,25). The van der Waals surface area contributed by atoms with E-state index in [1.54, 1.807) is 7.11 Å². The molecule has 1 heterocycles. The number of nitrogens with one attached hydrogen (secondary N) is 2. The fourth-order valence-corrected chi connectivity index (χ4v) is 4.12. The number of anilines is 2. The van der Waals surface area contributed by atoms with Crippen molar-refractivity contribution in [1.82, 2.24) is 10.2 Å². The SMILES string of the molecule is COc1ccc(CNc2nnc(SCC(=O)Nc3c(C)cccc3C)s2)cc1. The Bertz CT molecular complexity index is 921. The van der Waals surface area contributed by atoms with Crippen molar-refractivity contribution in [2.75, 3.05) is 23.5 Å². The minimum Gasteiger partial charge on any atom is -0.497 e. The largest absolute Gasteiger partial charge is 0.497 e. The summed E-state index contributed by atoms with van der Waals surface area (Å²) < 4.78 is 5.91. The maximum absolute atomic E-state index is 12.3. The molecule has 1 aromatic heterocycles. The van der Waals surface area contributed by atoms with Crippen molar-refractivity contribution in [2.24, 2.45) is 0 Å². The Balaban J connectivity index is 1.48. The minimum atomic E-state index is -0.0506. The number of aromatic nitrogens is 2. The molecular formula is C20H22N4O2S2. The summed E-state index contributed by atoms with van der Waals surface area (Å²) in [4.78, 5) is 12.3. The van der Waals surface area contributed by atoms with E-state index in [1.807, 2.05) is 56.3 Å². The third kappa shape index (κ3) is 5.46. The molecule has 0 saturated carbocycles. The molecule has 0 atom stereocenters. The molecular weight excluding hydrogens is 392 g/mol. The second-order valence-corrected chi connectivity index (χ2v) is 8.38. The van der Waals surface area contributed by atoms with E-state index in [0.717, 1.165) is 37.6 Å². The molecule has 2 aromatic carbocycles. The Kier molecular flexibility index (Phi) is 6.89. The van der Waals surface area contributed by atoms with Crippen LogP contribution in [0.5, 0.6) is 5.75 Å². The first-order valence-electron chi connectivity index (χ1n) is 8.74. The Morgan fingerprint density at radius 1 is 1.11 bits per heavy atom. The quantitative estimate of drug-likeness (QED) is 0.528. The topological polar surface area (TPSA) is 76.1 Å². The predicted molar refractivity (Wildman–Crippen MR) is 115 cm³/mol. The van der Waals surface area contributed by atoms with Crippen molar-refractivity contribution >= 4 is 39.8 Å². The highest BCUT2D eigenvalue weighted by atomic mass is 32.2. The molecule has 0 bridgehead atoms. The third-order valence-corrected chi connectivity index (χ3v) is 6.10. The van der Waals surface area contributed by atoms with Crippen molar-refractivity contribution in [3.8, 4) is 5.75 Å². The van der Waals surface area contributed by atoms with Gasteiger partial charge >= 0.3 is 0 Å². The van der Waals surface area contributed by atoms with Crippen LogP contribution in [0.3, 0.4) is 0 Å². The van der Waals surface area contributed by atoms with Crippen molar-refractivity contribution in [3.63, 3.8) is 0 Å². The van der Waals surface area contributed by atoms with E-state index in [1.165, 1.54) is 23.1 Å². The lowest BCUT2D eigenvalue weighted by Gasteiger charge is -2.10. The molecule has 0 radical (unpaired) electrons. The van der Waals surface area contributed by atoms with E-state index < -0.39 is 0 Å². The molecule has 0 fully saturated rings. The van der Waals surface area contributed by atoms with Crippen molar-refractivity contribution in [3.05, 3.63) is 59.2 Å². The lowest BCUT2D eigenvalue weighted by atomic mass is 10.1. The molecule has 0 aliphatic heterocycles. The minimum absolute atomic E-state index is 0.0506. The highest BCUT2D eigenvalue weighted by Gasteiger charge is 2.10. The van der Waals surface area contributed by atoms with Crippen LogP contribution in [0.25, 0.3) is 0 Å². The van der Waals surface area contributed by atoms with Crippen LogP contribution < -0.4 is 15.4 Å². The molecule has 0 aliphatic carbocycles. The number of hydrogen-bond donors (Lipinski definition) is 2. The van der Waals surface area contributed by atoms with E-state index in [-0.39, 0.29) is 5.91 Å². The summed E-state index contributed by atoms with van der Waals surface area (Å²) in [7, 11) is 1.65. The zero-order chi connectivity index (χ0) is 19.9. The molecule has 146 valence electrons. The number of ether oxygens (including phenoxy) is 1. The number of methoxy groups -OCH3 is 1. The maximum atomic E-state index is 12.3. The van der Waals surface area contributed by atoms with E-state index in [9.17, 15) is 4.79 Å². The zero-order valence-corrected chi connectivity index (χ0v) is 17.6. The van der Waals surface area contributed by atoms with E-state index >= 15 is 0 Å². The normalized spacial score (nSPS) is 10.5. The lowest BCUT2D eigenvalue weighted by molar-refractivity contribution is -0.113. The summed E-state index contributed by atoms with van der Waals surface area (Å²) in [6, 6.07) is 13.8. The number of rotatable bonds is 8. The van der Waals surface area contributed by atoms with Crippen LogP contribution in [0.2, 0.25) is 0 Å². The first kappa shape index (κ1) is 20.2. The Labute approximate surface area is 172 Å². The van der Waals surface area contributed by atoms with Gasteiger partial charge in [-0.3, -0.25) is 4.79 Å². The molecule has 1 amide bonds. The van der Waals surface area contributed by atoms with Crippen LogP contribution in [-0.4, -0.2) is 29.0 Å². The molecule has 28 heavy (non-hydrogen) atoms. The van der Waals surface area contributed by atoms with Crippen molar-refractivity contribution in [1.29, 1.82) is 0 Å². The average molecular weight is 415 g/mol. The van der Waals surface area contributed by atoms with Gasteiger partial charge in [0.05, 0.1) is 12.9 Å². The number of benzene rings is 2. The molecule has 3 aromatic rings.